The topological polar surface area (TPSA) is 88.2 Å². The highest BCUT2D eigenvalue weighted by molar-refractivity contribution is 7.92. The van der Waals surface area contributed by atoms with Crippen LogP contribution < -0.4 is 10.0 Å². The van der Waals surface area contributed by atoms with E-state index in [1.54, 1.807) is 36.7 Å². The zero-order chi connectivity index (χ0) is 21.0. The number of sulfonamides is 1. The summed E-state index contributed by atoms with van der Waals surface area (Å²) < 4.78 is 28.0. The van der Waals surface area contributed by atoms with Gasteiger partial charge in [0.15, 0.2) is 0 Å². The quantitative estimate of drug-likeness (QED) is 0.610. The molecule has 0 aliphatic carbocycles. The molecule has 1 unspecified atom stereocenters. The van der Waals surface area contributed by atoms with E-state index in [1.165, 1.54) is 18.2 Å². The van der Waals surface area contributed by atoms with Gasteiger partial charge in [0.25, 0.3) is 15.9 Å². The highest BCUT2D eigenvalue weighted by Crippen LogP contribution is 2.24. The number of halogens is 1. The molecular formula is C21H20ClN3O3S. The van der Waals surface area contributed by atoms with Crippen molar-refractivity contribution in [1.29, 1.82) is 0 Å². The molecule has 0 radical (unpaired) electrons. The lowest BCUT2D eigenvalue weighted by Gasteiger charge is -2.15. The summed E-state index contributed by atoms with van der Waals surface area (Å²) in [7, 11) is -3.88. The molecule has 0 bridgehead atoms. The molecule has 8 heteroatoms. The molecular weight excluding hydrogens is 410 g/mol. The molecule has 1 amide bonds. The Labute approximate surface area is 175 Å². The first-order valence-corrected chi connectivity index (χ1v) is 10.7. The largest absolute Gasteiger partial charge is 0.345 e. The molecule has 0 fully saturated rings. The fourth-order valence-electron chi connectivity index (χ4n) is 2.76. The average molecular weight is 430 g/mol. The number of amides is 1. The second-order valence-corrected chi connectivity index (χ2v) is 8.69. The third-order valence-electron chi connectivity index (χ3n) is 4.30. The molecule has 0 spiro atoms. The summed E-state index contributed by atoms with van der Waals surface area (Å²) in [6.45, 7) is 3.68. The van der Waals surface area contributed by atoms with Crippen LogP contribution in [0, 0.1) is 6.92 Å². The molecule has 3 aromatic rings. The number of carbonyl (C=O) groups is 1. The van der Waals surface area contributed by atoms with Crippen LogP contribution in [0.1, 0.15) is 34.5 Å². The van der Waals surface area contributed by atoms with Crippen molar-refractivity contribution in [3.63, 3.8) is 0 Å². The van der Waals surface area contributed by atoms with Crippen molar-refractivity contribution >= 4 is 33.2 Å². The number of nitrogens with one attached hydrogen (secondary N) is 2. The zero-order valence-electron chi connectivity index (χ0n) is 15.9. The van der Waals surface area contributed by atoms with Crippen LogP contribution in [0.5, 0.6) is 0 Å². The molecule has 1 aromatic heterocycles. The summed E-state index contributed by atoms with van der Waals surface area (Å²) in [5, 5.41) is 2.97. The first-order valence-electron chi connectivity index (χ1n) is 8.86. The van der Waals surface area contributed by atoms with E-state index in [0.29, 0.717) is 5.69 Å². The standard InChI is InChI=1S/C21H20ClN3O3S/c1-14-5-3-7-17(11-14)25-29(27,28)18-8-9-20(22)19(12-18)21(26)24-15(2)16-6-4-10-23-13-16/h3-13,15,25H,1-2H3,(H,24,26). The van der Waals surface area contributed by atoms with E-state index in [1.807, 2.05) is 26.0 Å². The first kappa shape index (κ1) is 20.8. The maximum Gasteiger partial charge on any atom is 0.261 e. The van der Waals surface area contributed by atoms with Crippen molar-refractivity contribution in [2.24, 2.45) is 0 Å². The third-order valence-corrected chi connectivity index (χ3v) is 6.00. The normalized spacial score (nSPS) is 12.2. The first-order chi connectivity index (χ1) is 13.8. The number of carbonyl (C=O) groups excluding carboxylic acids is 1. The van der Waals surface area contributed by atoms with Crippen molar-refractivity contribution in [1.82, 2.24) is 10.3 Å². The van der Waals surface area contributed by atoms with Gasteiger partial charge in [-0.3, -0.25) is 14.5 Å². The van der Waals surface area contributed by atoms with Crippen LogP contribution >= 0.6 is 11.6 Å². The van der Waals surface area contributed by atoms with Crippen LogP contribution in [0.25, 0.3) is 0 Å². The Hall–Kier alpha value is -2.90. The number of nitrogens with zero attached hydrogens (tertiary/aromatic N) is 1. The van der Waals surface area contributed by atoms with Gasteiger partial charge in [-0.05, 0) is 61.4 Å². The SMILES string of the molecule is Cc1cccc(NS(=O)(=O)c2ccc(Cl)c(C(=O)NC(C)c3cccnc3)c2)c1. The van der Waals surface area contributed by atoms with Crippen LogP contribution in [0.4, 0.5) is 5.69 Å². The molecule has 3 rings (SSSR count). The van der Waals surface area contributed by atoms with Crippen molar-refractivity contribution in [3.8, 4) is 0 Å². The number of aromatic nitrogens is 1. The van der Waals surface area contributed by atoms with Gasteiger partial charge in [0.1, 0.15) is 0 Å². The van der Waals surface area contributed by atoms with Gasteiger partial charge < -0.3 is 5.32 Å². The van der Waals surface area contributed by atoms with Gasteiger partial charge in [-0.25, -0.2) is 8.42 Å². The molecule has 1 atom stereocenters. The molecule has 0 saturated heterocycles. The Morgan fingerprint density at radius 2 is 1.90 bits per heavy atom. The van der Waals surface area contributed by atoms with Crippen molar-refractivity contribution < 1.29 is 13.2 Å². The average Bonchev–Trinajstić information content (AvgIpc) is 2.68. The van der Waals surface area contributed by atoms with Crippen LogP contribution in [0.15, 0.2) is 71.9 Å². The van der Waals surface area contributed by atoms with E-state index in [0.717, 1.165) is 11.1 Å². The van der Waals surface area contributed by atoms with Gasteiger partial charge in [-0.15, -0.1) is 0 Å². The fraction of sp³-hybridized carbons (Fsp3) is 0.143. The molecule has 2 N–H and O–H groups in total. The van der Waals surface area contributed by atoms with Gasteiger partial charge in [-0.1, -0.05) is 29.8 Å². The van der Waals surface area contributed by atoms with Crippen LogP contribution in [-0.4, -0.2) is 19.3 Å². The number of pyridine rings is 1. The molecule has 0 aliphatic heterocycles. The Balaban J connectivity index is 1.84. The number of benzene rings is 2. The number of anilines is 1. The minimum Gasteiger partial charge on any atom is -0.345 e. The smallest absolute Gasteiger partial charge is 0.261 e. The monoisotopic (exact) mass is 429 g/mol. The minimum absolute atomic E-state index is 0.0532. The summed E-state index contributed by atoms with van der Waals surface area (Å²) in [4.78, 5) is 16.7. The van der Waals surface area contributed by atoms with Gasteiger partial charge >= 0.3 is 0 Å². The number of aryl methyl sites for hydroxylation is 1. The summed E-state index contributed by atoms with van der Waals surface area (Å²) >= 11 is 6.16. The Kier molecular flexibility index (Phi) is 6.20. The second-order valence-electron chi connectivity index (χ2n) is 6.60. The molecule has 29 heavy (non-hydrogen) atoms. The lowest BCUT2D eigenvalue weighted by Crippen LogP contribution is -2.27. The fourth-order valence-corrected chi connectivity index (χ4v) is 4.04. The molecule has 0 aliphatic rings. The maximum atomic E-state index is 12.7. The highest BCUT2D eigenvalue weighted by Gasteiger charge is 2.20. The van der Waals surface area contributed by atoms with E-state index >= 15 is 0 Å². The van der Waals surface area contributed by atoms with Gasteiger partial charge in [0.2, 0.25) is 0 Å². The predicted molar refractivity (Wildman–Crippen MR) is 114 cm³/mol. The highest BCUT2D eigenvalue weighted by atomic mass is 35.5. The van der Waals surface area contributed by atoms with E-state index in [4.69, 9.17) is 11.6 Å². The maximum absolute atomic E-state index is 12.7. The number of hydrogen-bond acceptors (Lipinski definition) is 4. The summed E-state index contributed by atoms with van der Waals surface area (Å²) in [6, 6.07) is 14.3. The van der Waals surface area contributed by atoms with E-state index < -0.39 is 15.9 Å². The van der Waals surface area contributed by atoms with E-state index in [9.17, 15) is 13.2 Å². The van der Waals surface area contributed by atoms with Gasteiger partial charge in [0.05, 0.1) is 21.5 Å². The lowest BCUT2D eigenvalue weighted by molar-refractivity contribution is 0.0940. The zero-order valence-corrected chi connectivity index (χ0v) is 17.5. The van der Waals surface area contributed by atoms with Crippen LogP contribution in [0.2, 0.25) is 5.02 Å². The van der Waals surface area contributed by atoms with E-state index in [2.05, 4.69) is 15.0 Å². The summed E-state index contributed by atoms with van der Waals surface area (Å²) in [5.41, 5.74) is 2.26. The predicted octanol–water partition coefficient (Wildman–Crippen LogP) is 4.34. The number of rotatable bonds is 6. The van der Waals surface area contributed by atoms with Crippen molar-refractivity contribution in [3.05, 3.63) is 88.7 Å². The summed E-state index contributed by atoms with van der Waals surface area (Å²) in [6.07, 6.45) is 3.30. The molecule has 0 saturated carbocycles. The molecule has 150 valence electrons. The molecule has 2 aromatic carbocycles. The Morgan fingerprint density at radius 1 is 1.10 bits per heavy atom. The third kappa shape index (κ3) is 5.13. The van der Waals surface area contributed by atoms with Crippen LogP contribution in [-0.2, 0) is 10.0 Å². The molecule has 6 nitrogen and oxygen atoms in total. The summed E-state index contributed by atoms with van der Waals surface area (Å²) in [5.74, 6) is -0.473. The Bertz CT molecular complexity index is 1130. The van der Waals surface area contributed by atoms with E-state index in [-0.39, 0.29) is 21.5 Å². The Morgan fingerprint density at radius 3 is 2.59 bits per heavy atom. The number of hydrogen-bond donors (Lipinski definition) is 2. The van der Waals surface area contributed by atoms with Gasteiger partial charge in [-0.2, -0.15) is 0 Å². The van der Waals surface area contributed by atoms with Gasteiger partial charge in [0, 0.05) is 18.1 Å². The minimum atomic E-state index is -3.88. The van der Waals surface area contributed by atoms with Crippen molar-refractivity contribution in [2.75, 3.05) is 4.72 Å². The molecule has 1 heterocycles. The lowest BCUT2D eigenvalue weighted by atomic mass is 10.1. The second kappa shape index (κ2) is 8.63. The van der Waals surface area contributed by atoms with Crippen molar-refractivity contribution in [2.45, 2.75) is 24.8 Å². The van der Waals surface area contributed by atoms with Crippen LogP contribution in [0.3, 0.4) is 0 Å².